The van der Waals surface area contributed by atoms with Crippen molar-refractivity contribution in [1.29, 1.82) is 0 Å². The Morgan fingerprint density at radius 2 is 1.78 bits per heavy atom. The molecule has 1 fully saturated rings. The number of hydroxylamine groups is 2. The monoisotopic (exact) mass is 529 g/mol. The zero-order valence-electron chi connectivity index (χ0n) is 20.6. The van der Waals surface area contributed by atoms with E-state index in [2.05, 4.69) is 19.7 Å². The maximum atomic E-state index is 12.4. The van der Waals surface area contributed by atoms with Crippen molar-refractivity contribution in [3.8, 4) is 5.69 Å². The van der Waals surface area contributed by atoms with E-state index in [1.54, 1.807) is 32.0 Å². The number of benzene rings is 1. The van der Waals surface area contributed by atoms with Gasteiger partial charge in [-0.15, -0.1) is 15.3 Å². The Balaban J connectivity index is 1.41. The lowest BCUT2D eigenvalue weighted by molar-refractivity contribution is -0.155. The first kappa shape index (κ1) is 25.0. The van der Waals surface area contributed by atoms with Gasteiger partial charge in [-0.1, -0.05) is 23.2 Å². The highest BCUT2D eigenvalue weighted by Crippen LogP contribution is 2.42. The van der Waals surface area contributed by atoms with Crippen LogP contribution in [0.5, 0.6) is 0 Å². The molecule has 1 aliphatic carbocycles. The summed E-state index contributed by atoms with van der Waals surface area (Å²) in [7, 11) is 0. The number of rotatable bonds is 3. The van der Waals surface area contributed by atoms with Crippen molar-refractivity contribution in [2.45, 2.75) is 77.0 Å². The lowest BCUT2D eigenvalue weighted by Crippen LogP contribution is -2.31. The van der Waals surface area contributed by atoms with E-state index in [4.69, 9.17) is 32.8 Å². The molecule has 0 spiro atoms. The van der Waals surface area contributed by atoms with Crippen LogP contribution in [0.3, 0.4) is 0 Å². The van der Waals surface area contributed by atoms with Crippen LogP contribution >= 0.6 is 23.2 Å². The van der Waals surface area contributed by atoms with Crippen LogP contribution in [0.4, 0.5) is 4.79 Å². The van der Waals surface area contributed by atoms with E-state index in [1.807, 2.05) is 30.3 Å². The van der Waals surface area contributed by atoms with Gasteiger partial charge in [0.05, 0.1) is 29.5 Å². The minimum atomic E-state index is -0.759. The molecule has 190 valence electrons. The number of hydrogen-bond acceptors (Lipinski definition) is 7. The Bertz CT molecular complexity index is 1260. The molecule has 10 heteroatoms. The van der Waals surface area contributed by atoms with Gasteiger partial charge in [0.15, 0.2) is 5.82 Å². The molecule has 1 aliphatic heterocycles. The van der Waals surface area contributed by atoms with E-state index < -0.39 is 11.8 Å². The normalized spacial score (nSPS) is 20.2. The highest BCUT2D eigenvalue weighted by molar-refractivity contribution is 6.31. The Labute approximate surface area is 220 Å². The average molecular weight is 530 g/mol. The summed E-state index contributed by atoms with van der Waals surface area (Å²) in [6, 6.07) is 9.49. The molecular formula is C26H29Cl2N5O3. The van der Waals surface area contributed by atoms with E-state index in [1.165, 1.54) is 0 Å². The maximum Gasteiger partial charge on any atom is 0.528 e. The number of carbonyl (C=O) groups excluding carboxylic acids is 1. The highest BCUT2D eigenvalue weighted by atomic mass is 35.5. The number of ether oxygens (including phenoxy) is 1. The molecule has 0 atom stereocenters. The van der Waals surface area contributed by atoms with Gasteiger partial charge < -0.3 is 9.57 Å². The first-order valence-electron chi connectivity index (χ1n) is 12.2. The van der Waals surface area contributed by atoms with Crippen LogP contribution in [0.2, 0.25) is 10.0 Å². The van der Waals surface area contributed by atoms with Gasteiger partial charge in [-0.3, -0.25) is 9.55 Å². The minimum absolute atomic E-state index is 0.242. The molecule has 3 aromatic rings. The van der Waals surface area contributed by atoms with E-state index >= 15 is 0 Å². The molecular weight excluding hydrogens is 501 g/mol. The molecule has 0 saturated heterocycles. The number of hydrogen-bond donors (Lipinski definition) is 0. The first-order valence-corrected chi connectivity index (χ1v) is 12.9. The van der Waals surface area contributed by atoms with Gasteiger partial charge in [0.2, 0.25) is 0 Å². The van der Waals surface area contributed by atoms with Crippen LogP contribution in [-0.4, -0.2) is 36.6 Å². The molecule has 3 heterocycles. The molecule has 0 unspecified atom stereocenters. The Kier molecular flexibility index (Phi) is 6.94. The van der Waals surface area contributed by atoms with Crippen molar-refractivity contribution in [3.63, 3.8) is 0 Å². The summed E-state index contributed by atoms with van der Waals surface area (Å²) in [5, 5.41) is 12.0. The third-order valence-corrected chi connectivity index (χ3v) is 7.12. The fraction of sp³-hybridized carbons (Fsp3) is 0.462. The summed E-state index contributed by atoms with van der Waals surface area (Å²) in [6.07, 6.45) is 4.91. The number of carbonyl (C=O) groups is 1. The molecule has 36 heavy (non-hydrogen) atoms. The molecule has 0 N–H and O–H groups in total. The van der Waals surface area contributed by atoms with Gasteiger partial charge >= 0.3 is 6.16 Å². The lowest BCUT2D eigenvalue weighted by atomic mass is 9.80. The van der Waals surface area contributed by atoms with Crippen LogP contribution in [-0.2, 0) is 22.7 Å². The van der Waals surface area contributed by atoms with Gasteiger partial charge in [0.25, 0.3) is 0 Å². The number of fused-ring (bicyclic) bond motifs is 3. The predicted molar refractivity (Wildman–Crippen MR) is 136 cm³/mol. The Morgan fingerprint density at radius 1 is 1.03 bits per heavy atom. The van der Waals surface area contributed by atoms with Gasteiger partial charge in [0, 0.05) is 23.1 Å². The number of aromatic nitrogens is 4. The van der Waals surface area contributed by atoms with Crippen molar-refractivity contribution in [3.05, 3.63) is 69.5 Å². The van der Waals surface area contributed by atoms with E-state index in [0.717, 1.165) is 53.5 Å². The summed E-state index contributed by atoms with van der Waals surface area (Å²) in [4.78, 5) is 22.5. The second-order valence-corrected chi connectivity index (χ2v) is 11.2. The summed E-state index contributed by atoms with van der Waals surface area (Å²) in [5.74, 6) is 2.19. The molecule has 0 radical (unpaired) electrons. The van der Waals surface area contributed by atoms with Gasteiger partial charge in [-0.05, 0) is 82.3 Å². The van der Waals surface area contributed by atoms with Crippen molar-refractivity contribution >= 4 is 29.4 Å². The second-order valence-electron chi connectivity index (χ2n) is 10.4. The standard InChI is InChI=1S/C26H29Cl2N5O3/c1-26(2,3)35-25(34)36-32-14-18-13-19(27)10-11-21(18)33-22(15-32)30-31-24(33)17-8-6-16(7-9-17)23-20(28)5-4-12-29-23/h4-5,10-13,16-17H,6-9,14-15H2,1-3H3/t16-,17-. The Morgan fingerprint density at radius 3 is 2.50 bits per heavy atom. The second kappa shape index (κ2) is 10.00. The summed E-state index contributed by atoms with van der Waals surface area (Å²) in [6.45, 7) is 6.02. The summed E-state index contributed by atoms with van der Waals surface area (Å²) >= 11 is 12.8. The van der Waals surface area contributed by atoms with Gasteiger partial charge in [0.1, 0.15) is 11.4 Å². The summed E-state index contributed by atoms with van der Waals surface area (Å²) in [5.41, 5.74) is 2.18. The third kappa shape index (κ3) is 5.36. The molecule has 1 saturated carbocycles. The fourth-order valence-corrected chi connectivity index (χ4v) is 5.49. The van der Waals surface area contributed by atoms with Crippen molar-refractivity contribution in [2.75, 3.05) is 0 Å². The number of nitrogens with zero attached hydrogens (tertiary/aromatic N) is 5. The van der Waals surface area contributed by atoms with Crippen LogP contribution in [0.1, 0.15) is 81.2 Å². The molecule has 2 aromatic heterocycles. The van der Waals surface area contributed by atoms with Gasteiger partial charge in [-0.2, -0.15) is 0 Å². The smallest absolute Gasteiger partial charge is 0.427 e. The highest BCUT2D eigenvalue weighted by Gasteiger charge is 2.33. The van der Waals surface area contributed by atoms with Crippen LogP contribution in [0, 0.1) is 0 Å². The molecule has 0 amide bonds. The average Bonchev–Trinajstić information content (AvgIpc) is 3.15. The zero-order valence-corrected chi connectivity index (χ0v) is 22.1. The predicted octanol–water partition coefficient (Wildman–Crippen LogP) is 6.59. The molecule has 0 bridgehead atoms. The van der Waals surface area contributed by atoms with E-state index in [0.29, 0.717) is 23.3 Å². The molecule has 1 aromatic carbocycles. The molecule has 8 nitrogen and oxygen atoms in total. The topological polar surface area (TPSA) is 82.4 Å². The largest absolute Gasteiger partial charge is 0.528 e. The number of pyridine rings is 1. The van der Waals surface area contributed by atoms with Gasteiger partial charge in [-0.25, -0.2) is 4.79 Å². The number of halogens is 2. The third-order valence-electron chi connectivity index (χ3n) is 6.56. The quantitative estimate of drug-likeness (QED) is 0.353. The van der Waals surface area contributed by atoms with Crippen molar-refractivity contribution < 1.29 is 14.4 Å². The first-order chi connectivity index (χ1) is 17.2. The SMILES string of the molecule is CC(C)(C)OC(=O)ON1Cc2cc(Cl)ccc2-n2c(nnc2[C@H]2CC[C@H](c3ncccc3Cl)CC2)C1. The summed E-state index contributed by atoms with van der Waals surface area (Å²) < 4.78 is 7.45. The fourth-order valence-electron chi connectivity index (χ4n) is 5.02. The van der Waals surface area contributed by atoms with Crippen LogP contribution in [0.25, 0.3) is 5.69 Å². The van der Waals surface area contributed by atoms with Crippen LogP contribution in [0.15, 0.2) is 36.5 Å². The van der Waals surface area contributed by atoms with Crippen molar-refractivity contribution in [1.82, 2.24) is 24.8 Å². The lowest BCUT2D eigenvalue weighted by Gasteiger charge is -2.28. The Hall–Kier alpha value is -2.68. The van der Waals surface area contributed by atoms with Crippen molar-refractivity contribution in [2.24, 2.45) is 0 Å². The molecule has 5 rings (SSSR count). The maximum absolute atomic E-state index is 12.4. The van der Waals surface area contributed by atoms with E-state index in [9.17, 15) is 4.79 Å². The van der Waals surface area contributed by atoms with E-state index in [-0.39, 0.29) is 12.5 Å². The zero-order chi connectivity index (χ0) is 25.4. The minimum Gasteiger partial charge on any atom is -0.427 e. The molecule has 2 aliphatic rings. The van der Waals surface area contributed by atoms with Crippen LogP contribution < -0.4 is 0 Å².